The fourth-order valence-corrected chi connectivity index (χ4v) is 4.83. The number of benzene rings is 3. The van der Waals surface area contributed by atoms with E-state index in [4.69, 9.17) is 11.6 Å². The second-order valence-electron chi connectivity index (χ2n) is 6.28. The quantitative estimate of drug-likeness (QED) is 0.631. The van der Waals surface area contributed by atoms with Gasteiger partial charge in [0.15, 0.2) is 0 Å². The molecule has 0 saturated heterocycles. The highest BCUT2D eigenvalue weighted by molar-refractivity contribution is 7.89. The highest BCUT2D eigenvalue weighted by Crippen LogP contribution is 2.37. The minimum absolute atomic E-state index is 0.218. The molecule has 6 heteroatoms. The van der Waals surface area contributed by atoms with E-state index < -0.39 is 16.1 Å². The molecular formula is C21H17ClN2O2S. The van der Waals surface area contributed by atoms with E-state index in [0.717, 1.165) is 16.8 Å². The Morgan fingerprint density at radius 3 is 2.22 bits per heavy atom. The largest absolute Gasteiger partial charge is 0.279 e. The molecule has 136 valence electrons. The Morgan fingerprint density at radius 2 is 1.56 bits per heavy atom. The zero-order valence-electron chi connectivity index (χ0n) is 14.4. The van der Waals surface area contributed by atoms with E-state index in [1.54, 1.807) is 42.5 Å². The van der Waals surface area contributed by atoms with Crippen molar-refractivity contribution in [1.29, 1.82) is 0 Å². The van der Waals surface area contributed by atoms with Crippen molar-refractivity contribution in [3.05, 3.63) is 101 Å². The van der Waals surface area contributed by atoms with Crippen molar-refractivity contribution in [2.75, 3.05) is 0 Å². The van der Waals surface area contributed by atoms with Gasteiger partial charge >= 0.3 is 0 Å². The predicted molar refractivity (Wildman–Crippen MR) is 107 cm³/mol. The smallest absolute Gasteiger partial charge is 0.200 e. The van der Waals surface area contributed by atoms with Gasteiger partial charge < -0.3 is 0 Å². The summed E-state index contributed by atoms with van der Waals surface area (Å²) < 4.78 is 27.8. The maximum Gasteiger partial charge on any atom is 0.279 e. The first kappa shape index (κ1) is 17.8. The van der Waals surface area contributed by atoms with Crippen molar-refractivity contribution in [3.8, 4) is 0 Å². The number of halogens is 1. The van der Waals surface area contributed by atoms with Gasteiger partial charge in [-0.1, -0.05) is 72.3 Å². The molecule has 0 N–H and O–H groups in total. The molecule has 27 heavy (non-hydrogen) atoms. The Balaban J connectivity index is 1.81. The average molecular weight is 397 g/mol. The lowest BCUT2D eigenvalue weighted by molar-refractivity contribution is 0.371. The van der Waals surface area contributed by atoms with Gasteiger partial charge in [0.2, 0.25) is 0 Å². The number of hydrogen-bond acceptors (Lipinski definition) is 3. The molecule has 0 aromatic heterocycles. The molecular weight excluding hydrogens is 380 g/mol. The van der Waals surface area contributed by atoms with Gasteiger partial charge in [-0.15, -0.1) is 0 Å². The van der Waals surface area contributed by atoms with Crippen LogP contribution >= 0.6 is 11.6 Å². The number of sulfonamides is 1. The van der Waals surface area contributed by atoms with Gasteiger partial charge in [-0.2, -0.15) is 17.9 Å². The van der Waals surface area contributed by atoms with Crippen LogP contribution < -0.4 is 0 Å². The van der Waals surface area contributed by atoms with Crippen molar-refractivity contribution < 1.29 is 8.42 Å². The van der Waals surface area contributed by atoms with Crippen LogP contribution in [0.15, 0.2) is 94.9 Å². The molecule has 0 saturated carbocycles. The van der Waals surface area contributed by atoms with Crippen LogP contribution in [-0.2, 0) is 10.0 Å². The third-order valence-corrected chi connectivity index (χ3v) is 6.43. The summed E-state index contributed by atoms with van der Waals surface area (Å²) in [6.45, 7) is 0. The predicted octanol–water partition coefficient (Wildman–Crippen LogP) is 4.88. The first-order valence-electron chi connectivity index (χ1n) is 8.53. The van der Waals surface area contributed by atoms with Crippen molar-refractivity contribution in [3.63, 3.8) is 0 Å². The van der Waals surface area contributed by atoms with Crippen LogP contribution in [0.3, 0.4) is 0 Å². The fourth-order valence-electron chi connectivity index (χ4n) is 3.18. The molecule has 0 unspecified atom stereocenters. The number of hydrogen-bond donors (Lipinski definition) is 0. The van der Waals surface area contributed by atoms with E-state index >= 15 is 0 Å². The van der Waals surface area contributed by atoms with Gasteiger partial charge in [-0.05, 0) is 35.4 Å². The summed E-state index contributed by atoms with van der Waals surface area (Å²) in [7, 11) is -3.79. The zero-order valence-corrected chi connectivity index (χ0v) is 15.9. The Hall–Kier alpha value is -2.63. The average Bonchev–Trinajstić information content (AvgIpc) is 3.16. The third-order valence-electron chi connectivity index (χ3n) is 4.50. The monoisotopic (exact) mass is 396 g/mol. The van der Waals surface area contributed by atoms with Crippen molar-refractivity contribution >= 4 is 27.3 Å². The summed E-state index contributed by atoms with van der Waals surface area (Å²) in [4.78, 5) is 0.218. The third kappa shape index (κ3) is 3.48. The van der Waals surface area contributed by atoms with E-state index in [0.29, 0.717) is 11.4 Å². The lowest BCUT2D eigenvalue weighted by atomic mass is 9.99. The van der Waals surface area contributed by atoms with Crippen LogP contribution in [0.5, 0.6) is 0 Å². The van der Waals surface area contributed by atoms with Crippen molar-refractivity contribution in [1.82, 2.24) is 4.41 Å². The van der Waals surface area contributed by atoms with E-state index in [9.17, 15) is 8.42 Å². The molecule has 4 rings (SSSR count). The van der Waals surface area contributed by atoms with Gasteiger partial charge in [0.1, 0.15) is 0 Å². The Kier molecular flexibility index (Phi) is 4.72. The Labute approximate surface area is 163 Å². The number of rotatable bonds is 4. The van der Waals surface area contributed by atoms with Gasteiger partial charge in [-0.3, -0.25) is 0 Å². The summed E-state index contributed by atoms with van der Waals surface area (Å²) in [5, 5.41) is 5.08. The molecule has 0 aliphatic carbocycles. The zero-order chi connectivity index (χ0) is 18.9. The minimum Gasteiger partial charge on any atom is -0.200 e. The minimum atomic E-state index is -3.79. The number of hydrazone groups is 1. The lowest BCUT2D eigenvalue weighted by Crippen LogP contribution is -2.27. The normalized spacial score (nSPS) is 17.0. The Bertz CT molecular complexity index is 1080. The van der Waals surface area contributed by atoms with E-state index in [-0.39, 0.29) is 4.90 Å². The highest BCUT2D eigenvalue weighted by Gasteiger charge is 2.37. The molecule has 0 bridgehead atoms. The number of nitrogens with zero attached hydrogens (tertiary/aromatic N) is 2. The van der Waals surface area contributed by atoms with Crippen LogP contribution in [0.1, 0.15) is 23.6 Å². The van der Waals surface area contributed by atoms with Crippen LogP contribution in [0.4, 0.5) is 0 Å². The van der Waals surface area contributed by atoms with Crippen molar-refractivity contribution in [2.24, 2.45) is 5.10 Å². The maximum absolute atomic E-state index is 13.3. The summed E-state index contributed by atoms with van der Waals surface area (Å²) in [6.07, 6.45) is 0.483. The summed E-state index contributed by atoms with van der Waals surface area (Å²) in [5.41, 5.74) is 2.46. The molecule has 3 aromatic carbocycles. The fraction of sp³-hybridized carbons (Fsp3) is 0.0952. The molecule has 3 aromatic rings. The maximum atomic E-state index is 13.3. The van der Waals surface area contributed by atoms with Gasteiger partial charge in [0.05, 0.1) is 16.6 Å². The lowest BCUT2D eigenvalue weighted by Gasteiger charge is -2.23. The van der Waals surface area contributed by atoms with Gasteiger partial charge in [0.25, 0.3) is 10.0 Å². The molecule has 1 aliphatic rings. The van der Waals surface area contributed by atoms with Gasteiger partial charge in [-0.25, -0.2) is 0 Å². The van der Waals surface area contributed by atoms with Crippen molar-refractivity contribution in [2.45, 2.75) is 17.4 Å². The molecule has 0 spiro atoms. The SMILES string of the molecule is O=S(=O)(c1ccccc1)N1N=C(c2ccccc2)C[C@@H]1c1cccc(Cl)c1. The van der Waals surface area contributed by atoms with Crippen LogP contribution in [0.2, 0.25) is 5.02 Å². The van der Waals surface area contributed by atoms with Gasteiger partial charge in [0, 0.05) is 11.4 Å². The molecule has 0 fully saturated rings. The van der Waals surface area contributed by atoms with Crippen LogP contribution in [0.25, 0.3) is 0 Å². The van der Waals surface area contributed by atoms with E-state index in [1.165, 1.54) is 4.41 Å². The van der Waals surface area contributed by atoms with Crippen LogP contribution in [-0.4, -0.2) is 18.5 Å². The second-order valence-corrected chi connectivity index (χ2v) is 8.51. The molecule has 1 atom stereocenters. The highest BCUT2D eigenvalue weighted by atomic mass is 35.5. The first-order chi connectivity index (χ1) is 13.1. The summed E-state index contributed by atoms with van der Waals surface area (Å²) in [6, 6.07) is 24.8. The summed E-state index contributed by atoms with van der Waals surface area (Å²) in [5.74, 6) is 0. The molecule has 4 nitrogen and oxygen atoms in total. The first-order valence-corrected chi connectivity index (χ1v) is 10.4. The van der Waals surface area contributed by atoms with E-state index in [1.807, 2.05) is 42.5 Å². The second kappa shape index (κ2) is 7.18. The molecule has 0 radical (unpaired) electrons. The van der Waals surface area contributed by atoms with Crippen LogP contribution in [0, 0.1) is 0 Å². The van der Waals surface area contributed by atoms with E-state index in [2.05, 4.69) is 5.10 Å². The topological polar surface area (TPSA) is 49.7 Å². The Morgan fingerprint density at radius 1 is 0.889 bits per heavy atom. The standard InChI is InChI=1S/C21H17ClN2O2S/c22-18-11-7-10-17(14-18)21-15-20(16-8-3-1-4-9-16)23-24(21)27(25,26)19-12-5-2-6-13-19/h1-14,21H,15H2/t21-/m1/s1. The molecule has 1 aliphatic heterocycles. The summed E-state index contributed by atoms with van der Waals surface area (Å²) >= 11 is 6.15. The molecule has 1 heterocycles. The molecule has 0 amide bonds.